The first-order valence-corrected chi connectivity index (χ1v) is 6.94. The van der Waals surface area contributed by atoms with E-state index in [0.717, 1.165) is 5.92 Å². The Morgan fingerprint density at radius 2 is 2.12 bits per heavy atom. The maximum Gasteiger partial charge on any atom is 0.0437 e. The van der Waals surface area contributed by atoms with Crippen LogP contribution in [0.5, 0.6) is 0 Å². The van der Waals surface area contributed by atoms with Gasteiger partial charge in [0, 0.05) is 5.54 Å². The van der Waals surface area contributed by atoms with Crippen molar-refractivity contribution in [2.24, 2.45) is 5.92 Å². The number of rotatable bonds is 3. The van der Waals surface area contributed by atoms with E-state index in [0.29, 0.717) is 0 Å². The molecule has 1 heteroatoms. The highest BCUT2D eigenvalue weighted by molar-refractivity contribution is 5.29. The number of hydrogen-bond donors (Lipinski definition) is 1. The van der Waals surface area contributed by atoms with Crippen molar-refractivity contribution in [1.29, 1.82) is 0 Å². The quantitative estimate of drug-likeness (QED) is 0.829. The first kappa shape index (κ1) is 12.6. The van der Waals surface area contributed by atoms with E-state index in [9.17, 15) is 0 Å². The Bertz CT molecular complexity index is 362. The molecular weight excluding hydrogens is 206 g/mol. The Morgan fingerprint density at radius 1 is 1.29 bits per heavy atom. The van der Waals surface area contributed by atoms with E-state index < -0.39 is 0 Å². The Balaban J connectivity index is 2.31. The Labute approximate surface area is 106 Å². The van der Waals surface area contributed by atoms with E-state index in [1.54, 1.807) is 0 Å². The number of hydrogen-bond acceptors (Lipinski definition) is 1. The molecule has 0 amide bonds. The first-order chi connectivity index (χ1) is 8.12. The highest BCUT2D eigenvalue weighted by Gasteiger charge is 2.33. The van der Waals surface area contributed by atoms with Crippen LogP contribution in [0.4, 0.5) is 0 Å². The van der Waals surface area contributed by atoms with Crippen molar-refractivity contribution in [3.8, 4) is 0 Å². The van der Waals surface area contributed by atoms with Gasteiger partial charge in [-0.15, -0.1) is 0 Å². The van der Waals surface area contributed by atoms with Gasteiger partial charge in [-0.2, -0.15) is 0 Å². The SMILES string of the molecule is Cc1cccc(C2(CC(C)C)CCCCN2)c1. The molecule has 94 valence electrons. The molecule has 1 atom stereocenters. The molecule has 1 aromatic rings. The van der Waals surface area contributed by atoms with Crippen LogP contribution >= 0.6 is 0 Å². The average molecular weight is 231 g/mol. The third-order valence-corrected chi connectivity index (χ3v) is 3.82. The van der Waals surface area contributed by atoms with Crippen molar-refractivity contribution in [3.05, 3.63) is 35.4 Å². The van der Waals surface area contributed by atoms with Crippen LogP contribution in [0.3, 0.4) is 0 Å². The van der Waals surface area contributed by atoms with E-state index in [4.69, 9.17) is 0 Å². The normalized spacial score (nSPS) is 25.2. The van der Waals surface area contributed by atoms with Gasteiger partial charge in [-0.3, -0.25) is 0 Å². The summed E-state index contributed by atoms with van der Waals surface area (Å²) in [5.41, 5.74) is 3.10. The third-order valence-electron chi connectivity index (χ3n) is 3.82. The summed E-state index contributed by atoms with van der Waals surface area (Å²) in [5, 5.41) is 3.81. The number of benzene rings is 1. The minimum Gasteiger partial charge on any atom is -0.307 e. The van der Waals surface area contributed by atoms with Crippen LogP contribution in [0, 0.1) is 12.8 Å². The Morgan fingerprint density at radius 3 is 2.71 bits per heavy atom. The molecule has 1 unspecified atom stereocenters. The minimum atomic E-state index is 0.235. The van der Waals surface area contributed by atoms with Gasteiger partial charge in [-0.25, -0.2) is 0 Å². The maximum absolute atomic E-state index is 3.81. The summed E-state index contributed by atoms with van der Waals surface area (Å²) in [6.07, 6.45) is 5.21. The minimum absolute atomic E-state index is 0.235. The molecule has 1 aromatic carbocycles. The van der Waals surface area contributed by atoms with Gasteiger partial charge in [0.25, 0.3) is 0 Å². The molecular formula is C16H25N. The summed E-state index contributed by atoms with van der Waals surface area (Å²) in [7, 11) is 0. The van der Waals surface area contributed by atoms with Crippen molar-refractivity contribution < 1.29 is 0 Å². The molecule has 0 spiro atoms. The standard InChI is InChI=1S/C16H25N/c1-13(2)12-16(9-4-5-10-17-16)15-8-6-7-14(3)11-15/h6-8,11,13,17H,4-5,9-10,12H2,1-3H3. The number of piperidine rings is 1. The zero-order valence-electron chi connectivity index (χ0n) is 11.4. The molecule has 1 aliphatic rings. The van der Waals surface area contributed by atoms with E-state index >= 15 is 0 Å². The topological polar surface area (TPSA) is 12.0 Å². The van der Waals surface area contributed by atoms with Gasteiger partial charge in [0.15, 0.2) is 0 Å². The molecule has 0 aromatic heterocycles. The second-order valence-corrected chi connectivity index (χ2v) is 5.93. The van der Waals surface area contributed by atoms with Crippen LogP contribution in [-0.4, -0.2) is 6.54 Å². The first-order valence-electron chi connectivity index (χ1n) is 6.94. The summed E-state index contributed by atoms with van der Waals surface area (Å²) < 4.78 is 0. The van der Waals surface area contributed by atoms with Crippen LogP contribution in [0.1, 0.15) is 50.7 Å². The van der Waals surface area contributed by atoms with Gasteiger partial charge in [0.1, 0.15) is 0 Å². The fraction of sp³-hybridized carbons (Fsp3) is 0.625. The fourth-order valence-corrected chi connectivity index (χ4v) is 3.15. The molecule has 0 saturated carbocycles. The molecule has 0 radical (unpaired) electrons. The molecule has 1 N–H and O–H groups in total. The zero-order valence-corrected chi connectivity index (χ0v) is 11.4. The van der Waals surface area contributed by atoms with Crippen LogP contribution in [0.25, 0.3) is 0 Å². The molecule has 17 heavy (non-hydrogen) atoms. The molecule has 2 rings (SSSR count). The molecule has 1 saturated heterocycles. The van der Waals surface area contributed by atoms with E-state index in [2.05, 4.69) is 50.4 Å². The van der Waals surface area contributed by atoms with E-state index in [1.165, 1.54) is 43.4 Å². The van der Waals surface area contributed by atoms with Gasteiger partial charge < -0.3 is 5.32 Å². The lowest BCUT2D eigenvalue weighted by Crippen LogP contribution is -2.46. The summed E-state index contributed by atoms with van der Waals surface area (Å²) in [5.74, 6) is 0.737. The molecule has 1 fully saturated rings. The second-order valence-electron chi connectivity index (χ2n) is 5.93. The van der Waals surface area contributed by atoms with E-state index in [1.807, 2.05) is 0 Å². The van der Waals surface area contributed by atoms with Gasteiger partial charge >= 0.3 is 0 Å². The third kappa shape index (κ3) is 2.90. The van der Waals surface area contributed by atoms with Gasteiger partial charge in [-0.05, 0) is 44.2 Å². The maximum atomic E-state index is 3.81. The highest BCUT2D eigenvalue weighted by atomic mass is 15.0. The Kier molecular flexibility index (Phi) is 3.88. The van der Waals surface area contributed by atoms with Crippen molar-refractivity contribution >= 4 is 0 Å². The van der Waals surface area contributed by atoms with E-state index in [-0.39, 0.29) is 5.54 Å². The lowest BCUT2D eigenvalue weighted by atomic mass is 9.76. The van der Waals surface area contributed by atoms with Crippen LogP contribution in [0.2, 0.25) is 0 Å². The van der Waals surface area contributed by atoms with Crippen LogP contribution in [0.15, 0.2) is 24.3 Å². The highest BCUT2D eigenvalue weighted by Crippen LogP contribution is 2.36. The lowest BCUT2D eigenvalue weighted by molar-refractivity contribution is 0.214. The van der Waals surface area contributed by atoms with Crippen molar-refractivity contribution in [2.45, 2.75) is 52.0 Å². The molecule has 1 aliphatic heterocycles. The predicted molar refractivity (Wildman–Crippen MR) is 74.2 cm³/mol. The number of aryl methyl sites for hydroxylation is 1. The summed E-state index contributed by atoms with van der Waals surface area (Å²) in [4.78, 5) is 0. The van der Waals surface area contributed by atoms with Crippen LogP contribution in [-0.2, 0) is 5.54 Å². The lowest BCUT2D eigenvalue weighted by Gasteiger charge is -2.40. The monoisotopic (exact) mass is 231 g/mol. The smallest absolute Gasteiger partial charge is 0.0437 e. The number of nitrogens with one attached hydrogen (secondary N) is 1. The Hall–Kier alpha value is -0.820. The largest absolute Gasteiger partial charge is 0.307 e. The summed E-state index contributed by atoms with van der Waals surface area (Å²) >= 11 is 0. The molecule has 0 bridgehead atoms. The summed E-state index contributed by atoms with van der Waals surface area (Å²) in [6.45, 7) is 8.01. The molecule has 1 heterocycles. The zero-order chi connectivity index (χ0) is 12.3. The second kappa shape index (κ2) is 5.22. The molecule has 1 nitrogen and oxygen atoms in total. The molecule has 0 aliphatic carbocycles. The van der Waals surface area contributed by atoms with Gasteiger partial charge in [0.05, 0.1) is 0 Å². The van der Waals surface area contributed by atoms with Crippen molar-refractivity contribution in [1.82, 2.24) is 5.32 Å². The van der Waals surface area contributed by atoms with Crippen LogP contribution < -0.4 is 5.32 Å². The van der Waals surface area contributed by atoms with Crippen molar-refractivity contribution in [3.63, 3.8) is 0 Å². The van der Waals surface area contributed by atoms with Gasteiger partial charge in [0.2, 0.25) is 0 Å². The predicted octanol–water partition coefficient (Wildman–Crippen LogP) is 4.01. The van der Waals surface area contributed by atoms with Crippen molar-refractivity contribution in [2.75, 3.05) is 6.54 Å². The average Bonchev–Trinajstić information content (AvgIpc) is 2.29. The summed E-state index contributed by atoms with van der Waals surface area (Å²) in [6, 6.07) is 9.05. The van der Waals surface area contributed by atoms with Gasteiger partial charge in [-0.1, -0.05) is 50.1 Å². The fourth-order valence-electron chi connectivity index (χ4n) is 3.15.